The van der Waals surface area contributed by atoms with Crippen molar-refractivity contribution in [2.45, 2.75) is 19.6 Å². The summed E-state index contributed by atoms with van der Waals surface area (Å²) in [5, 5.41) is 14.1. The zero-order chi connectivity index (χ0) is 14.6. The molecule has 0 saturated carbocycles. The number of aliphatic hydroxyl groups is 1. The average molecular weight is 294 g/mol. The summed E-state index contributed by atoms with van der Waals surface area (Å²) in [6, 6.07) is 9.50. The normalized spacial score (nSPS) is 25.8. The molecule has 1 heterocycles. The first kappa shape index (κ1) is 14.9. The predicted molar refractivity (Wildman–Crippen MR) is 80.7 cm³/mol. The van der Waals surface area contributed by atoms with E-state index in [1.165, 1.54) is 11.8 Å². The summed E-state index contributed by atoms with van der Waals surface area (Å²) in [6.07, 6.45) is 0. The number of esters is 1. The molecule has 0 fully saturated rings. The van der Waals surface area contributed by atoms with E-state index in [9.17, 15) is 9.90 Å². The molecule has 0 spiro atoms. The molecular formula is C14H18N2O3S. The fourth-order valence-electron chi connectivity index (χ4n) is 1.81. The molecule has 0 bridgehead atoms. The summed E-state index contributed by atoms with van der Waals surface area (Å²) in [7, 11) is 0. The van der Waals surface area contributed by atoms with Crippen LogP contribution in [0, 0.1) is 5.92 Å². The largest absolute Gasteiger partial charge is 0.462 e. The molecular weight excluding hydrogens is 276 g/mol. The molecule has 2 N–H and O–H groups in total. The fourth-order valence-corrected chi connectivity index (χ4v) is 2.84. The van der Waals surface area contributed by atoms with Crippen molar-refractivity contribution in [3.63, 3.8) is 0 Å². The van der Waals surface area contributed by atoms with Crippen molar-refractivity contribution in [1.82, 2.24) is 0 Å². The van der Waals surface area contributed by atoms with Crippen molar-refractivity contribution in [2.24, 2.45) is 10.9 Å². The summed E-state index contributed by atoms with van der Waals surface area (Å²) in [5.41, 5.74) is -0.947. The maximum absolute atomic E-state index is 11.9. The first-order chi connectivity index (χ1) is 9.56. The second-order valence-electron chi connectivity index (χ2n) is 4.57. The molecule has 2 rings (SSSR count). The summed E-state index contributed by atoms with van der Waals surface area (Å²) in [5.74, 6) is -0.401. The number of benzene rings is 1. The molecule has 0 amide bonds. The van der Waals surface area contributed by atoms with E-state index in [0.29, 0.717) is 10.9 Å². The van der Waals surface area contributed by atoms with Crippen LogP contribution >= 0.6 is 11.8 Å². The van der Waals surface area contributed by atoms with E-state index in [1.807, 2.05) is 30.3 Å². The van der Waals surface area contributed by atoms with Crippen LogP contribution in [0.3, 0.4) is 0 Å². The fraction of sp³-hybridized carbons (Fsp3) is 0.429. The van der Waals surface area contributed by atoms with Crippen LogP contribution in [-0.2, 0) is 9.53 Å². The number of carbonyl (C=O) groups excluding carboxylic acids is 1. The molecule has 2 atom stereocenters. The Morgan fingerprint density at radius 3 is 2.90 bits per heavy atom. The van der Waals surface area contributed by atoms with Gasteiger partial charge in [0.1, 0.15) is 0 Å². The molecule has 6 heteroatoms. The molecule has 0 radical (unpaired) electrons. The Morgan fingerprint density at radius 1 is 1.55 bits per heavy atom. The highest BCUT2D eigenvalue weighted by atomic mass is 32.2. The van der Waals surface area contributed by atoms with Crippen LogP contribution in [0.4, 0.5) is 5.69 Å². The van der Waals surface area contributed by atoms with E-state index in [1.54, 1.807) is 13.8 Å². The number of thioether (sulfide) groups is 1. The Bertz CT molecular complexity index is 506. The van der Waals surface area contributed by atoms with Crippen molar-refractivity contribution in [1.29, 1.82) is 0 Å². The van der Waals surface area contributed by atoms with E-state index < -0.39 is 11.7 Å². The zero-order valence-corrected chi connectivity index (χ0v) is 12.3. The number of para-hydroxylation sites is 1. The van der Waals surface area contributed by atoms with Crippen LogP contribution in [0.5, 0.6) is 0 Å². The number of rotatable bonds is 3. The van der Waals surface area contributed by atoms with Gasteiger partial charge in [-0.15, -0.1) is 0 Å². The van der Waals surface area contributed by atoms with Gasteiger partial charge in [-0.05, 0) is 19.1 Å². The third kappa shape index (κ3) is 3.13. The molecule has 2 unspecified atom stereocenters. The quantitative estimate of drug-likeness (QED) is 0.835. The Balaban J connectivity index is 2.20. The molecule has 1 aliphatic heterocycles. The van der Waals surface area contributed by atoms with E-state index in [2.05, 4.69) is 10.3 Å². The van der Waals surface area contributed by atoms with Crippen molar-refractivity contribution >= 4 is 28.6 Å². The molecule has 0 saturated heterocycles. The lowest BCUT2D eigenvalue weighted by molar-refractivity contribution is -0.168. The first-order valence-electron chi connectivity index (χ1n) is 6.50. The lowest BCUT2D eigenvalue weighted by atomic mass is 10.0. The summed E-state index contributed by atoms with van der Waals surface area (Å²) < 4.78 is 4.92. The van der Waals surface area contributed by atoms with Gasteiger partial charge in [0.05, 0.1) is 6.61 Å². The van der Waals surface area contributed by atoms with Crippen molar-refractivity contribution in [2.75, 3.05) is 17.7 Å². The maximum Gasteiger partial charge on any atom is 0.361 e. The molecule has 20 heavy (non-hydrogen) atoms. The topological polar surface area (TPSA) is 70.9 Å². The molecule has 1 aromatic carbocycles. The van der Waals surface area contributed by atoms with Gasteiger partial charge in [0.25, 0.3) is 5.72 Å². The number of nitrogens with zero attached hydrogens (tertiary/aromatic N) is 1. The first-order valence-corrected chi connectivity index (χ1v) is 7.49. The Labute approximate surface area is 122 Å². The van der Waals surface area contributed by atoms with E-state index >= 15 is 0 Å². The van der Waals surface area contributed by atoms with Gasteiger partial charge in [0, 0.05) is 17.4 Å². The highest BCUT2D eigenvalue weighted by Crippen LogP contribution is 2.31. The van der Waals surface area contributed by atoms with Crippen molar-refractivity contribution < 1.29 is 14.6 Å². The number of carbonyl (C=O) groups is 1. The molecule has 5 nitrogen and oxygen atoms in total. The second kappa shape index (κ2) is 6.28. The number of aliphatic imine (C=N–C) groups is 1. The van der Waals surface area contributed by atoms with Crippen LogP contribution in [0.15, 0.2) is 35.3 Å². The molecule has 1 aliphatic rings. The monoisotopic (exact) mass is 294 g/mol. The molecule has 1 aromatic rings. The highest BCUT2D eigenvalue weighted by molar-refractivity contribution is 8.14. The number of anilines is 1. The van der Waals surface area contributed by atoms with Gasteiger partial charge in [0.2, 0.25) is 0 Å². The van der Waals surface area contributed by atoms with E-state index in [4.69, 9.17) is 4.74 Å². The van der Waals surface area contributed by atoms with Crippen LogP contribution < -0.4 is 5.32 Å². The standard InChI is InChI=1S/C14H18N2O3S/c1-3-19-12(17)14(18)10(2)9-20-13(16-14)15-11-7-5-4-6-8-11/h4-8,10,18H,3,9H2,1-2H3,(H,15,16). The van der Waals surface area contributed by atoms with Crippen molar-refractivity contribution in [3.05, 3.63) is 30.3 Å². The Hall–Kier alpha value is -1.53. The van der Waals surface area contributed by atoms with Gasteiger partial charge in [0.15, 0.2) is 5.17 Å². The third-order valence-corrected chi connectivity index (χ3v) is 4.16. The Morgan fingerprint density at radius 2 is 2.25 bits per heavy atom. The minimum Gasteiger partial charge on any atom is -0.462 e. The number of nitrogens with one attached hydrogen (secondary N) is 1. The minimum atomic E-state index is -1.81. The lowest BCUT2D eigenvalue weighted by Crippen LogP contribution is -2.48. The number of ether oxygens (including phenoxy) is 1. The number of hydrogen-bond acceptors (Lipinski definition) is 6. The van der Waals surface area contributed by atoms with Crippen LogP contribution in [0.1, 0.15) is 13.8 Å². The lowest BCUT2D eigenvalue weighted by Gasteiger charge is -2.32. The van der Waals surface area contributed by atoms with Gasteiger partial charge in [-0.2, -0.15) is 0 Å². The van der Waals surface area contributed by atoms with Gasteiger partial charge in [-0.3, -0.25) is 0 Å². The SMILES string of the molecule is CCOC(=O)C1(O)N=C(Nc2ccccc2)SCC1C. The average Bonchev–Trinajstić information content (AvgIpc) is 2.44. The van der Waals surface area contributed by atoms with Gasteiger partial charge in [-0.1, -0.05) is 36.9 Å². The highest BCUT2D eigenvalue weighted by Gasteiger charge is 2.46. The predicted octanol–water partition coefficient (Wildman–Crippen LogP) is 2.09. The molecule has 0 aliphatic carbocycles. The smallest absolute Gasteiger partial charge is 0.361 e. The molecule has 0 aromatic heterocycles. The summed E-state index contributed by atoms with van der Waals surface area (Å²) >= 11 is 1.48. The Kier molecular flexibility index (Phi) is 4.67. The van der Waals surface area contributed by atoms with Crippen molar-refractivity contribution in [3.8, 4) is 0 Å². The zero-order valence-electron chi connectivity index (χ0n) is 11.5. The summed E-state index contributed by atoms with van der Waals surface area (Å²) in [4.78, 5) is 16.1. The van der Waals surface area contributed by atoms with Gasteiger partial charge >= 0.3 is 5.97 Å². The van der Waals surface area contributed by atoms with Gasteiger partial charge < -0.3 is 15.2 Å². The molecule has 108 valence electrons. The number of hydrogen-bond donors (Lipinski definition) is 2. The van der Waals surface area contributed by atoms with E-state index in [0.717, 1.165) is 5.69 Å². The van der Waals surface area contributed by atoms with Crippen LogP contribution in [-0.4, -0.2) is 34.3 Å². The minimum absolute atomic E-state index is 0.220. The third-order valence-electron chi connectivity index (χ3n) is 3.03. The van der Waals surface area contributed by atoms with E-state index in [-0.39, 0.29) is 12.5 Å². The second-order valence-corrected chi connectivity index (χ2v) is 5.58. The van der Waals surface area contributed by atoms with Crippen LogP contribution in [0.25, 0.3) is 0 Å². The van der Waals surface area contributed by atoms with Crippen LogP contribution in [0.2, 0.25) is 0 Å². The summed E-state index contributed by atoms with van der Waals surface area (Å²) in [6.45, 7) is 3.71. The number of amidine groups is 1. The van der Waals surface area contributed by atoms with Gasteiger partial charge in [-0.25, -0.2) is 9.79 Å². The maximum atomic E-state index is 11.9.